The maximum atomic E-state index is 12.3. The van der Waals surface area contributed by atoms with Crippen molar-refractivity contribution < 1.29 is 4.79 Å². The number of carbonyl (C=O) groups is 1. The van der Waals surface area contributed by atoms with Crippen LogP contribution < -0.4 is 4.90 Å². The average molecular weight is 272 g/mol. The fourth-order valence-electron chi connectivity index (χ4n) is 1.98. The van der Waals surface area contributed by atoms with E-state index < -0.39 is 0 Å². The number of rotatable bonds is 5. The van der Waals surface area contributed by atoms with Crippen molar-refractivity contribution in [1.29, 1.82) is 0 Å². The Morgan fingerprint density at radius 2 is 2.20 bits per heavy atom. The van der Waals surface area contributed by atoms with Crippen LogP contribution in [0.3, 0.4) is 0 Å². The molecule has 0 N–H and O–H groups in total. The molecule has 0 atom stereocenters. The standard InChI is InChI=1S/C15H20N4O/c1-4-8-18(15(20)12(2)3)14-10-17-19(11-14)13-6-5-7-16-9-13/h5-7,9-12H,4,8H2,1-3H3. The first-order valence-electron chi connectivity index (χ1n) is 6.90. The van der Waals surface area contributed by atoms with E-state index in [1.54, 1.807) is 28.2 Å². The van der Waals surface area contributed by atoms with Gasteiger partial charge in [0.15, 0.2) is 0 Å². The highest BCUT2D eigenvalue weighted by Crippen LogP contribution is 2.18. The molecule has 2 aromatic rings. The Bertz CT molecular complexity index is 562. The summed E-state index contributed by atoms with van der Waals surface area (Å²) in [6.45, 7) is 6.59. The molecule has 2 heterocycles. The topological polar surface area (TPSA) is 51.0 Å². The zero-order chi connectivity index (χ0) is 14.5. The number of hydrogen-bond donors (Lipinski definition) is 0. The quantitative estimate of drug-likeness (QED) is 0.840. The van der Waals surface area contributed by atoms with Gasteiger partial charge in [-0.2, -0.15) is 5.10 Å². The maximum Gasteiger partial charge on any atom is 0.229 e. The summed E-state index contributed by atoms with van der Waals surface area (Å²) in [5.74, 6) is 0.0980. The lowest BCUT2D eigenvalue weighted by Crippen LogP contribution is -2.34. The molecule has 2 rings (SSSR count). The number of aromatic nitrogens is 3. The minimum atomic E-state index is -0.0247. The number of anilines is 1. The van der Waals surface area contributed by atoms with Crippen molar-refractivity contribution in [2.45, 2.75) is 27.2 Å². The number of carbonyl (C=O) groups excluding carboxylic acids is 1. The first-order valence-corrected chi connectivity index (χ1v) is 6.90. The SMILES string of the molecule is CCCN(C(=O)C(C)C)c1cnn(-c2cccnc2)c1. The van der Waals surface area contributed by atoms with E-state index in [0.29, 0.717) is 6.54 Å². The van der Waals surface area contributed by atoms with Gasteiger partial charge in [0.1, 0.15) is 0 Å². The predicted octanol–water partition coefficient (Wildman–Crippen LogP) is 2.67. The molecular weight excluding hydrogens is 252 g/mol. The van der Waals surface area contributed by atoms with Crippen LogP contribution in [0.15, 0.2) is 36.9 Å². The zero-order valence-electron chi connectivity index (χ0n) is 12.2. The van der Waals surface area contributed by atoms with Crippen LogP contribution >= 0.6 is 0 Å². The Morgan fingerprint density at radius 3 is 2.80 bits per heavy atom. The third-order valence-corrected chi connectivity index (χ3v) is 3.00. The molecule has 0 aliphatic heterocycles. The summed E-state index contributed by atoms with van der Waals surface area (Å²) in [6, 6.07) is 3.79. The molecule has 0 radical (unpaired) electrons. The molecule has 5 nitrogen and oxygen atoms in total. The summed E-state index contributed by atoms with van der Waals surface area (Å²) < 4.78 is 1.73. The van der Waals surface area contributed by atoms with Gasteiger partial charge in [-0.05, 0) is 18.6 Å². The predicted molar refractivity (Wildman–Crippen MR) is 78.8 cm³/mol. The summed E-state index contributed by atoms with van der Waals surface area (Å²) in [5, 5.41) is 4.31. The molecule has 0 bridgehead atoms. The van der Waals surface area contributed by atoms with Gasteiger partial charge in [-0.15, -0.1) is 0 Å². The second-order valence-corrected chi connectivity index (χ2v) is 5.00. The van der Waals surface area contributed by atoms with Crippen LogP contribution in [-0.2, 0) is 4.79 Å². The van der Waals surface area contributed by atoms with Gasteiger partial charge < -0.3 is 4.90 Å². The molecule has 0 aromatic carbocycles. The fourth-order valence-corrected chi connectivity index (χ4v) is 1.98. The molecule has 5 heteroatoms. The fraction of sp³-hybridized carbons (Fsp3) is 0.400. The van der Waals surface area contributed by atoms with E-state index >= 15 is 0 Å². The van der Waals surface area contributed by atoms with Crippen molar-refractivity contribution in [3.05, 3.63) is 36.9 Å². The van der Waals surface area contributed by atoms with Crippen molar-refractivity contribution in [3.8, 4) is 5.69 Å². The molecule has 1 amide bonds. The number of amides is 1. The third-order valence-electron chi connectivity index (χ3n) is 3.00. The highest BCUT2D eigenvalue weighted by molar-refractivity contribution is 5.94. The highest BCUT2D eigenvalue weighted by atomic mass is 16.2. The summed E-state index contributed by atoms with van der Waals surface area (Å²) in [6.07, 6.45) is 7.97. The lowest BCUT2D eigenvalue weighted by Gasteiger charge is -2.22. The van der Waals surface area contributed by atoms with Crippen LogP contribution in [0.25, 0.3) is 5.69 Å². The largest absolute Gasteiger partial charge is 0.309 e. The van der Waals surface area contributed by atoms with E-state index in [0.717, 1.165) is 17.8 Å². The molecule has 0 fully saturated rings. The molecule has 20 heavy (non-hydrogen) atoms. The van der Waals surface area contributed by atoms with E-state index in [9.17, 15) is 4.79 Å². The van der Waals surface area contributed by atoms with E-state index in [1.807, 2.05) is 32.2 Å². The van der Waals surface area contributed by atoms with Gasteiger partial charge in [0, 0.05) is 18.7 Å². The van der Waals surface area contributed by atoms with Gasteiger partial charge in [-0.1, -0.05) is 20.8 Å². The van der Waals surface area contributed by atoms with E-state index in [-0.39, 0.29) is 11.8 Å². The molecule has 2 aromatic heterocycles. The van der Waals surface area contributed by atoms with Gasteiger partial charge in [0.25, 0.3) is 0 Å². The van der Waals surface area contributed by atoms with Gasteiger partial charge >= 0.3 is 0 Å². The minimum Gasteiger partial charge on any atom is -0.309 e. The van der Waals surface area contributed by atoms with Gasteiger partial charge in [-0.3, -0.25) is 9.78 Å². The average Bonchev–Trinajstić information content (AvgIpc) is 2.94. The Morgan fingerprint density at radius 1 is 1.40 bits per heavy atom. The molecular formula is C15H20N4O. The molecule has 106 valence electrons. The van der Waals surface area contributed by atoms with Crippen LogP contribution in [0.4, 0.5) is 5.69 Å². The first-order chi connectivity index (χ1) is 9.63. The number of pyridine rings is 1. The van der Waals surface area contributed by atoms with Crippen LogP contribution in [0.2, 0.25) is 0 Å². The molecule has 0 aliphatic carbocycles. The smallest absolute Gasteiger partial charge is 0.229 e. The summed E-state index contributed by atoms with van der Waals surface area (Å²) in [4.78, 5) is 18.1. The second-order valence-electron chi connectivity index (χ2n) is 5.00. The third kappa shape index (κ3) is 3.04. The van der Waals surface area contributed by atoms with Crippen LogP contribution in [0.5, 0.6) is 0 Å². The minimum absolute atomic E-state index is 0.0247. The summed E-state index contributed by atoms with van der Waals surface area (Å²) >= 11 is 0. The van der Waals surface area contributed by atoms with Crippen LogP contribution in [0.1, 0.15) is 27.2 Å². The molecule has 0 aliphatic rings. The van der Waals surface area contributed by atoms with Crippen LogP contribution in [-0.4, -0.2) is 27.2 Å². The van der Waals surface area contributed by atoms with Crippen molar-refractivity contribution in [2.75, 3.05) is 11.4 Å². The monoisotopic (exact) mass is 272 g/mol. The molecule has 0 saturated carbocycles. The molecule has 0 spiro atoms. The van der Waals surface area contributed by atoms with Crippen molar-refractivity contribution >= 4 is 11.6 Å². The van der Waals surface area contributed by atoms with Gasteiger partial charge in [0.2, 0.25) is 5.91 Å². The Labute approximate surface area is 119 Å². The van der Waals surface area contributed by atoms with Gasteiger partial charge in [-0.25, -0.2) is 4.68 Å². The maximum absolute atomic E-state index is 12.3. The van der Waals surface area contributed by atoms with Crippen molar-refractivity contribution in [2.24, 2.45) is 5.92 Å². The lowest BCUT2D eigenvalue weighted by molar-refractivity contribution is -0.121. The van der Waals surface area contributed by atoms with Gasteiger partial charge in [0.05, 0.1) is 30.0 Å². The summed E-state index contributed by atoms with van der Waals surface area (Å²) in [7, 11) is 0. The lowest BCUT2D eigenvalue weighted by atomic mass is 10.2. The Balaban J connectivity index is 2.27. The van der Waals surface area contributed by atoms with E-state index in [1.165, 1.54) is 0 Å². The normalized spacial score (nSPS) is 10.8. The Hall–Kier alpha value is -2.17. The highest BCUT2D eigenvalue weighted by Gasteiger charge is 2.19. The Kier molecular flexibility index (Phi) is 4.50. The summed E-state index contributed by atoms with van der Waals surface area (Å²) in [5.41, 5.74) is 1.71. The number of hydrogen-bond acceptors (Lipinski definition) is 3. The van der Waals surface area contributed by atoms with E-state index in [2.05, 4.69) is 17.0 Å². The first kappa shape index (κ1) is 14.2. The zero-order valence-corrected chi connectivity index (χ0v) is 12.2. The number of nitrogens with zero attached hydrogens (tertiary/aromatic N) is 4. The molecule has 0 unspecified atom stereocenters. The van der Waals surface area contributed by atoms with Crippen molar-refractivity contribution in [3.63, 3.8) is 0 Å². The molecule has 0 saturated heterocycles. The van der Waals surface area contributed by atoms with Crippen molar-refractivity contribution in [1.82, 2.24) is 14.8 Å². The van der Waals surface area contributed by atoms with E-state index in [4.69, 9.17) is 0 Å². The van der Waals surface area contributed by atoms with Crippen LogP contribution in [0, 0.1) is 5.92 Å². The second kappa shape index (κ2) is 6.32.